The van der Waals surface area contributed by atoms with Crippen molar-refractivity contribution in [1.29, 1.82) is 0 Å². The molecule has 0 aromatic rings. The Morgan fingerprint density at radius 2 is 2.00 bits per heavy atom. The van der Waals surface area contributed by atoms with Crippen molar-refractivity contribution in [3.05, 3.63) is 0 Å². The highest BCUT2D eigenvalue weighted by Crippen LogP contribution is 2.28. The van der Waals surface area contributed by atoms with Crippen molar-refractivity contribution in [2.24, 2.45) is 10.9 Å². The van der Waals surface area contributed by atoms with Crippen LogP contribution in [-0.4, -0.2) is 60.0 Å². The topological polar surface area (TPSA) is 91.8 Å². The number of sulfonamides is 1. The van der Waals surface area contributed by atoms with Crippen molar-refractivity contribution in [1.82, 2.24) is 15.4 Å². The number of hydrogen-bond acceptors (Lipinski definition) is 4. The average Bonchev–Trinajstić information content (AvgIpc) is 3.21. The molecule has 22 heavy (non-hydrogen) atoms. The minimum Gasteiger partial charge on any atom is -0.381 e. The van der Waals surface area contributed by atoms with Crippen LogP contribution in [0.4, 0.5) is 0 Å². The van der Waals surface area contributed by atoms with E-state index in [0.717, 1.165) is 38.4 Å². The normalized spacial score (nSPS) is 15.3. The Balaban J connectivity index is 0.00000441. The molecule has 0 aromatic heterocycles. The number of ether oxygens (including phenoxy) is 1. The number of nitrogens with zero attached hydrogens (tertiary/aromatic N) is 1. The molecular formula is C13H29IN4O3S. The Morgan fingerprint density at radius 3 is 2.59 bits per heavy atom. The van der Waals surface area contributed by atoms with Gasteiger partial charge >= 0.3 is 0 Å². The molecule has 1 fully saturated rings. The summed E-state index contributed by atoms with van der Waals surface area (Å²) in [6.07, 6.45) is 4.67. The molecule has 0 amide bonds. The second-order valence-corrected chi connectivity index (χ2v) is 7.06. The second kappa shape index (κ2) is 12.3. The maximum atomic E-state index is 10.9. The Bertz CT molecular complexity index is 414. The van der Waals surface area contributed by atoms with Gasteiger partial charge in [-0.3, -0.25) is 4.99 Å². The molecule has 7 nitrogen and oxygen atoms in total. The molecule has 0 heterocycles. The number of guanidine groups is 1. The third-order valence-corrected chi connectivity index (χ3v) is 3.62. The van der Waals surface area contributed by atoms with Gasteiger partial charge in [0.1, 0.15) is 0 Å². The van der Waals surface area contributed by atoms with Crippen LogP contribution >= 0.6 is 24.0 Å². The van der Waals surface area contributed by atoms with Gasteiger partial charge in [-0.25, -0.2) is 13.1 Å². The maximum absolute atomic E-state index is 10.9. The minimum absolute atomic E-state index is 0. The van der Waals surface area contributed by atoms with E-state index >= 15 is 0 Å². The molecule has 0 aliphatic heterocycles. The van der Waals surface area contributed by atoms with Crippen LogP contribution in [0.15, 0.2) is 4.99 Å². The summed E-state index contributed by atoms with van der Waals surface area (Å²) in [6, 6.07) is 0. The summed E-state index contributed by atoms with van der Waals surface area (Å²) < 4.78 is 29.8. The first-order valence-electron chi connectivity index (χ1n) is 7.56. The number of rotatable bonds is 11. The number of hydrogen-bond donors (Lipinski definition) is 3. The lowest BCUT2D eigenvalue weighted by atomic mass is 10.4. The van der Waals surface area contributed by atoms with E-state index in [1.807, 2.05) is 6.92 Å². The van der Waals surface area contributed by atoms with Gasteiger partial charge in [-0.1, -0.05) is 0 Å². The van der Waals surface area contributed by atoms with Crippen LogP contribution in [0.5, 0.6) is 0 Å². The van der Waals surface area contributed by atoms with Crippen LogP contribution in [0.1, 0.15) is 26.2 Å². The fourth-order valence-corrected chi connectivity index (χ4v) is 2.12. The molecule has 1 saturated carbocycles. The van der Waals surface area contributed by atoms with E-state index in [2.05, 4.69) is 20.3 Å². The van der Waals surface area contributed by atoms with Crippen LogP contribution in [-0.2, 0) is 14.8 Å². The third kappa shape index (κ3) is 13.5. The highest BCUT2D eigenvalue weighted by molar-refractivity contribution is 14.0. The lowest BCUT2D eigenvalue weighted by molar-refractivity contribution is 0.123. The molecule has 0 aromatic carbocycles. The fourth-order valence-electron chi connectivity index (χ4n) is 1.65. The van der Waals surface area contributed by atoms with Crippen molar-refractivity contribution < 1.29 is 13.2 Å². The predicted octanol–water partition coefficient (Wildman–Crippen LogP) is 0.525. The summed E-state index contributed by atoms with van der Waals surface area (Å²) in [5.74, 6) is 1.50. The van der Waals surface area contributed by atoms with Gasteiger partial charge < -0.3 is 15.4 Å². The number of halogens is 1. The summed E-state index contributed by atoms with van der Waals surface area (Å²) in [4.78, 5) is 4.42. The minimum atomic E-state index is -3.13. The molecule has 0 radical (unpaired) electrons. The molecular weight excluding hydrogens is 419 g/mol. The molecule has 3 N–H and O–H groups in total. The van der Waals surface area contributed by atoms with Gasteiger partial charge in [0, 0.05) is 39.4 Å². The van der Waals surface area contributed by atoms with Crippen LogP contribution in [0, 0.1) is 5.92 Å². The Labute approximate surface area is 151 Å². The fraction of sp³-hybridized carbons (Fsp3) is 0.923. The molecule has 0 saturated heterocycles. The van der Waals surface area contributed by atoms with Crippen LogP contribution in [0.2, 0.25) is 0 Å². The molecule has 0 bridgehead atoms. The first kappa shape index (κ1) is 21.9. The average molecular weight is 448 g/mol. The second-order valence-electron chi connectivity index (χ2n) is 5.23. The first-order chi connectivity index (χ1) is 10.0. The number of aliphatic imine (C=N–C) groups is 1. The maximum Gasteiger partial charge on any atom is 0.208 e. The predicted molar refractivity (Wildman–Crippen MR) is 100 cm³/mol. The quantitative estimate of drug-likeness (QED) is 0.186. The zero-order valence-electron chi connectivity index (χ0n) is 13.4. The van der Waals surface area contributed by atoms with E-state index in [1.54, 1.807) is 0 Å². The zero-order valence-corrected chi connectivity index (χ0v) is 16.6. The monoisotopic (exact) mass is 448 g/mol. The Hall–Kier alpha value is -0.130. The van der Waals surface area contributed by atoms with E-state index in [-0.39, 0.29) is 24.0 Å². The summed E-state index contributed by atoms with van der Waals surface area (Å²) in [7, 11) is -3.13. The first-order valence-corrected chi connectivity index (χ1v) is 9.45. The van der Waals surface area contributed by atoms with Gasteiger partial charge in [0.25, 0.3) is 0 Å². The molecule has 0 spiro atoms. The van der Waals surface area contributed by atoms with Crippen molar-refractivity contribution in [2.75, 3.05) is 45.6 Å². The summed E-state index contributed by atoms with van der Waals surface area (Å²) in [5.41, 5.74) is 0. The molecule has 132 valence electrons. The van der Waals surface area contributed by atoms with Crippen LogP contribution in [0.25, 0.3) is 0 Å². The van der Waals surface area contributed by atoms with Gasteiger partial charge in [0.05, 0.1) is 6.26 Å². The summed E-state index contributed by atoms with van der Waals surface area (Å²) in [6.45, 7) is 5.92. The Morgan fingerprint density at radius 1 is 1.27 bits per heavy atom. The van der Waals surface area contributed by atoms with Crippen molar-refractivity contribution in [2.45, 2.75) is 26.2 Å². The summed E-state index contributed by atoms with van der Waals surface area (Å²) in [5, 5.41) is 6.20. The number of nitrogens with one attached hydrogen (secondary N) is 3. The van der Waals surface area contributed by atoms with Crippen molar-refractivity contribution in [3.8, 4) is 0 Å². The van der Waals surface area contributed by atoms with Crippen molar-refractivity contribution >= 4 is 40.0 Å². The molecule has 1 aliphatic rings. The van der Waals surface area contributed by atoms with Gasteiger partial charge in [-0.2, -0.15) is 0 Å². The van der Waals surface area contributed by atoms with E-state index in [1.165, 1.54) is 12.8 Å². The highest BCUT2D eigenvalue weighted by Gasteiger charge is 2.20. The van der Waals surface area contributed by atoms with Crippen LogP contribution < -0.4 is 15.4 Å². The molecule has 1 aliphatic carbocycles. The summed E-state index contributed by atoms with van der Waals surface area (Å²) >= 11 is 0. The molecule has 9 heteroatoms. The highest BCUT2D eigenvalue weighted by atomic mass is 127. The standard InChI is InChI=1S/C13H28N4O3S.HI/c1-3-14-13(16-8-9-17-21(2,18)19)15-7-4-10-20-11-12-5-6-12;/h12,17H,3-11H2,1-2H3,(H2,14,15,16);1H. The van der Waals surface area contributed by atoms with Gasteiger partial charge in [0.2, 0.25) is 10.0 Å². The Kier molecular flexibility index (Phi) is 12.2. The van der Waals surface area contributed by atoms with Gasteiger partial charge in [-0.15, -0.1) is 24.0 Å². The molecule has 0 atom stereocenters. The zero-order chi connectivity index (χ0) is 15.6. The lowest BCUT2D eigenvalue weighted by Gasteiger charge is -2.11. The molecule has 1 rings (SSSR count). The van der Waals surface area contributed by atoms with Crippen LogP contribution in [0.3, 0.4) is 0 Å². The van der Waals surface area contributed by atoms with Gasteiger partial charge in [0.15, 0.2) is 5.96 Å². The van der Waals surface area contributed by atoms with Gasteiger partial charge in [-0.05, 0) is 32.1 Å². The van der Waals surface area contributed by atoms with E-state index in [4.69, 9.17) is 4.74 Å². The third-order valence-electron chi connectivity index (χ3n) is 2.89. The van der Waals surface area contributed by atoms with E-state index in [0.29, 0.717) is 25.6 Å². The molecule has 0 unspecified atom stereocenters. The van der Waals surface area contributed by atoms with E-state index in [9.17, 15) is 8.42 Å². The largest absolute Gasteiger partial charge is 0.381 e. The smallest absolute Gasteiger partial charge is 0.208 e. The lowest BCUT2D eigenvalue weighted by Crippen LogP contribution is -2.41. The SMILES string of the molecule is CCNC(=NCCCOCC1CC1)NCCNS(C)(=O)=O.I. The van der Waals surface area contributed by atoms with E-state index < -0.39 is 10.0 Å². The van der Waals surface area contributed by atoms with Crippen molar-refractivity contribution in [3.63, 3.8) is 0 Å².